The van der Waals surface area contributed by atoms with E-state index in [-0.39, 0.29) is 12.5 Å². The quantitative estimate of drug-likeness (QED) is 0.874. The molecular formula is C16H16Cl2N2O2. The summed E-state index contributed by atoms with van der Waals surface area (Å²) in [6.07, 6.45) is 0. The molecular weight excluding hydrogens is 323 g/mol. The fraction of sp³-hybridized carbons (Fsp3) is 0.188. The molecule has 0 aromatic heterocycles. The summed E-state index contributed by atoms with van der Waals surface area (Å²) in [5.41, 5.74) is 1.99. The van der Waals surface area contributed by atoms with Gasteiger partial charge in [0.25, 0.3) is 5.91 Å². The van der Waals surface area contributed by atoms with E-state index in [1.807, 2.05) is 24.1 Å². The largest absolute Gasteiger partial charge is 0.395 e. The van der Waals surface area contributed by atoms with Gasteiger partial charge in [0.15, 0.2) is 0 Å². The second-order valence-corrected chi connectivity index (χ2v) is 5.61. The van der Waals surface area contributed by atoms with E-state index in [0.717, 1.165) is 5.69 Å². The Kier molecular flexibility index (Phi) is 5.66. The van der Waals surface area contributed by atoms with Crippen LogP contribution in [0, 0.1) is 0 Å². The van der Waals surface area contributed by atoms with Crippen LogP contribution in [0.2, 0.25) is 10.0 Å². The number of amides is 1. The lowest BCUT2D eigenvalue weighted by Crippen LogP contribution is -2.21. The summed E-state index contributed by atoms with van der Waals surface area (Å²) in [4.78, 5) is 14.1. The first-order chi connectivity index (χ1) is 10.5. The van der Waals surface area contributed by atoms with Crippen molar-refractivity contribution in [2.75, 3.05) is 30.4 Å². The Labute approximate surface area is 139 Å². The molecule has 2 N–H and O–H groups in total. The van der Waals surface area contributed by atoms with Gasteiger partial charge in [-0.3, -0.25) is 4.79 Å². The highest BCUT2D eigenvalue weighted by Crippen LogP contribution is 2.23. The van der Waals surface area contributed by atoms with Crippen molar-refractivity contribution in [2.24, 2.45) is 0 Å². The van der Waals surface area contributed by atoms with Gasteiger partial charge in [-0.25, -0.2) is 0 Å². The molecule has 1 amide bonds. The van der Waals surface area contributed by atoms with E-state index < -0.39 is 0 Å². The molecule has 0 saturated heterocycles. The molecule has 2 aromatic carbocycles. The second-order valence-electron chi connectivity index (χ2n) is 4.77. The predicted molar refractivity (Wildman–Crippen MR) is 91.2 cm³/mol. The third-order valence-corrected chi connectivity index (χ3v) is 3.72. The van der Waals surface area contributed by atoms with Crippen LogP contribution in [0.1, 0.15) is 10.4 Å². The Hall–Kier alpha value is -1.75. The Bertz CT molecular complexity index is 660. The van der Waals surface area contributed by atoms with E-state index in [1.54, 1.807) is 24.3 Å². The minimum Gasteiger partial charge on any atom is -0.395 e. The highest BCUT2D eigenvalue weighted by atomic mass is 35.5. The molecule has 0 aliphatic heterocycles. The standard InChI is InChI=1S/C16H16Cl2N2O2/c1-20(8-9-21)13-5-3-12(4-6-13)19-16(22)14-7-2-11(17)10-15(14)18/h2-7,10,21H,8-9H2,1H3,(H,19,22). The van der Waals surface area contributed by atoms with Gasteiger partial charge in [0, 0.05) is 30.0 Å². The Balaban J connectivity index is 2.08. The molecule has 2 aromatic rings. The van der Waals surface area contributed by atoms with Crippen molar-refractivity contribution in [2.45, 2.75) is 0 Å². The fourth-order valence-corrected chi connectivity index (χ4v) is 2.44. The molecule has 2 rings (SSSR count). The molecule has 0 radical (unpaired) electrons. The van der Waals surface area contributed by atoms with Crippen LogP contribution in [0.4, 0.5) is 11.4 Å². The number of anilines is 2. The molecule has 0 unspecified atom stereocenters. The van der Waals surface area contributed by atoms with Crippen molar-refractivity contribution in [1.29, 1.82) is 0 Å². The molecule has 0 aliphatic carbocycles. The van der Waals surface area contributed by atoms with Crippen molar-refractivity contribution in [3.8, 4) is 0 Å². The third kappa shape index (κ3) is 4.13. The number of nitrogens with one attached hydrogen (secondary N) is 1. The van der Waals surface area contributed by atoms with Gasteiger partial charge in [-0.1, -0.05) is 23.2 Å². The van der Waals surface area contributed by atoms with Gasteiger partial charge in [-0.05, 0) is 42.5 Å². The summed E-state index contributed by atoms with van der Waals surface area (Å²) in [6, 6.07) is 12.1. The zero-order chi connectivity index (χ0) is 16.1. The number of rotatable bonds is 5. The molecule has 22 heavy (non-hydrogen) atoms. The van der Waals surface area contributed by atoms with Gasteiger partial charge in [-0.15, -0.1) is 0 Å². The SMILES string of the molecule is CN(CCO)c1ccc(NC(=O)c2ccc(Cl)cc2Cl)cc1. The van der Waals surface area contributed by atoms with Crippen molar-refractivity contribution < 1.29 is 9.90 Å². The van der Waals surface area contributed by atoms with Gasteiger partial charge < -0.3 is 15.3 Å². The maximum Gasteiger partial charge on any atom is 0.257 e. The molecule has 0 heterocycles. The lowest BCUT2D eigenvalue weighted by atomic mass is 10.2. The minimum absolute atomic E-state index is 0.0874. The van der Waals surface area contributed by atoms with Crippen LogP contribution in [0.5, 0.6) is 0 Å². The van der Waals surface area contributed by atoms with Gasteiger partial charge in [-0.2, -0.15) is 0 Å². The number of hydrogen-bond acceptors (Lipinski definition) is 3. The fourth-order valence-electron chi connectivity index (χ4n) is 1.95. The molecule has 6 heteroatoms. The number of carbonyl (C=O) groups is 1. The van der Waals surface area contributed by atoms with Crippen molar-refractivity contribution in [3.05, 3.63) is 58.1 Å². The van der Waals surface area contributed by atoms with Crippen molar-refractivity contribution >= 4 is 40.5 Å². The maximum absolute atomic E-state index is 12.2. The third-order valence-electron chi connectivity index (χ3n) is 3.18. The second kappa shape index (κ2) is 7.49. The average Bonchev–Trinajstić information content (AvgIpc) is 2.48. The summed E-state index contributed by atoms with van der Waals surface area (Å²) in [6.45, 7) is 0.635. The van der Waals surface area contributed by atoms with E-state index in [0.29, 0.717) is 27.8 Å². The summed E-state index contributed by atoms with van der Waals surface area (Å²) in [5.74, 6) is -0.293. The number of benzene rings is 2. The Morgan fingerprint density at radius 2 is 1.86 bits per heavy atom. The van der Waals surface area contributed by atoms with Crippen LogP contribution in [0.15, 0.2) is 42.5 Å². The molecule has 0 fully saturated rings. The summed E-state index contributed by atoms with van der Waals surface area (Å²) < 4.78 is 0. The first-order valence-electron chi connectivity index (χ1n) is 6.69. The van der Waals surface area contributed by atoms with Crippen LogP contribution in [-0.2, 0) is 0 Å². The monoisotopic (exact) mass is 338 g/mol. The summed E-state index contributed by atoms with van der Waals surface area (Å²) in [7, 11) is 1.89. The molecule has 0 aliphatic rings. The van der Waals surface area contributed by atoms with Crippen molar-refractivity contribution in [3.63, 3.8) is 0 Å². The number of halogens is 2. The first kappa shape index (κ1) is 16.6. The van der Waals surface area contributed by atoms with Gasteiger partial charge in [0.05, 0.1) is 17.2 Å². The molecule has 0 atom stereocenters. The minimum atomic E-state index is -0.293. The van der Waals surface area contributed by atoms with E-state index in [2.05, 4.69) is 5.32 Å². The van der Waals surface area contributed by atoms with E-state index >= 15 is 0 Å². The van der Waals surface area contributed by atoms with Gasteiger partial charge >= 0.3 is 0 Å². The topological polar surface area (TPSA) is 52.6 Å². The van der Waals surface area contributed by atoms with Crippen LogP contribution in [0.3, 0.4) is 0 Å². The highest BCUT2D eigenvalue weighted by molar-refractivity contribution is 6.37. The van der Waals surface area contributed by atoms with Gasteiger partial charge in [0.1, 0.15) is 0 Å². The maximum atomic E-state index is 12.2. The zero-order valence-corrected chi connectivity index (χ0v) is 13.5. The predicted octanol–water partition coefficient (Wildman–Crippen LogP) is 3.67. The van der Waals surface area contributed by atoms with Crippen LogP contribution in [0.25, 0.3) is 0 Å². The average molecular weight is 339 g/mol. The summed E-state index contributed by atoms with van der Waals surface area (Å²) >= 11 is 11.8. The zero-order valence-electron chi connectivity index (χ0n) is 12.0. The highest BCUT2D eigenvalue weighted by Gasteiger charge is 2.11. The molecule has 116 valence electrons. The lowest BCUT2D eigenvalue weighted by Gasteiger charge is -2.18. The van der Waals surface area contributed by atoms with Crippen molar-refractivity contribution in [1.82, 2.24) is 0 Å². The molecule has 4 nitrogen and oxygen atoms in total. The number of carbonyl (C=O) groups excluding carboxylic acids is 1. The molecule has 0 spiro atoms. The Morgan fingerprint density at radius 3 is 2.45 bits per heavy atom. The molecule has 0 bridgehead atoms. The van der Waals surface area contributed by atoms with E-state index in [9.17, 15) is 4.79 Å². The van der Waals surface area contributed by atoms with Crippen LogP contribution >= 0.6 is 23.2 Å². The number of aliphatic hydroxyl groups is 1. The summed E-state index contributed by atoms with van der Waals surface area (Å²) in [5, 5.41) is 12.5. The number of likely N-dealkylation sites (N-methyl/N-ethyl adjacent to an activating group) is 1. The van der Waals surface area contributed by atoms with Gasteiger partial charge in [0.2, 0.25) is 0 Å². The lowest BCUT2D eigenvalue weighted by molar-refractivity contribution is 0.102. The van der Waals surface area contributed by atoms with Crippen LogP contribution in [-0.4, -0.2) is 31.2 Å². The Morgan fingerprint density at radius 1 is 1.18 bits per heavy atom. The smallest absolute Gasteiger partial charge is 0.257 e. The number of hydrogen-bond donors (Lipinski definition) is 2. The van der Waals surface area contributed by atoms with Crippen LogP contribution < -0.4 is 10.2 Å². The molecule has 0 saturated carbocycles. The van der Waals surface area contributed by atoms with E-state index in [4.69, 9.17) is 28.3 Å². The number of nitrogens with zero attached hydrogens (tertiary/aromatic N) is 1. The number of aliphatic hydroxyl groups excluding tert-OH is 1. The normalized spacial score (nSPS) is 10.4. The first-order valence-corrected chi connectivity index (χ1v) is 7.45. The van der Waals surface area contributed by atoms with E-state index in [1.165, 1.54) is 6.07 Å².